The Kier molecular flexibility index (Phi) is 29.7. The molecule has 5 aromatic heterocycles. The molecule has 0 saturated carbocycles. The number of esters is 2. The van der Waals surface area contributed by atoms with Crippen LogP contribution in [0.3, 0.4) is 0 Å². The molecule has 11 rings (SSSR count). The van der Waals surface area contributed by atoms with Gasteiger partial charge in [0, 0.05) is 114 Å². The number of ether oxygens (including phenoxy) is 5. The molecule has 38 heteroatoms. The van der Waals surface area contributed by atoms with Gasteiger partial charge in [0.1, 0.15) is 34.3 Å². The molecule has 11 aromatic rings. The van der Waals surface area contributed by atoms with Crippen molar-refractivity contribution in [3.63, 3.8) is 0 Å². The number of benzene rings is 6. The van der Waals surface area contributed by atoms with Crippen LogP contribution in [0.1, 0.15) is 147 Å². The first-order valence-corrected chi connectivity index (χ1v) is 37.7. The Morgan fingerprint density at radius 3 is 0.966 bits per heavy atom. The third-order valence-electron chi connectivity index (χ3n) is 16.6. The van der Waals surface area contributed by atoms with E-state index >= 15 is 13.2 Å². The summed E-state index contributed by atoms with van der Waals surface area (Å²) in [7, 11) is 2.13. The highest BCUT2D eigenvalue weighted by Gasteiger charge is 2.40. The second-order valence-corrected chi connectivity index (χ2v) is 29.3. The summed E-state index contributed by atoms with van der Waals surface area (Å²) in [5, 5.41) is 10.7. The van der Waals surface area contributed by atoms with Crippen LogP contribution in [0.2, 0.25) is 15.1 Å². The minimum Gasteiger partial charge on any atom is -0.478 e. The highest BCUT2D eigenvalue weighted by Crippen LogP contribution is 2.46. The third-order valence-corrected chi connectivity index (χ3v) is 19.1. The summed E-state index contributed by atoms with van der Waals surface area (Å²) >= 11 is 25.7. The van der Waals surface area contributed by atoms with Crippen molar-refractivity contribution in [1.29, 1.82) is 0 Å². The number of hydrogen-bond acceptors (Lipinski definition) is 18. The second kappa shape index (κ2) is 38.8. The van der Waals surface area contributed by atoms with Gasteiger partial charge in [-0.15, -0.1) is 34.3 Å². The number of halogens is 16. The molecule has 1 N–H and O–H groups in total. The number of aromatic nitrogens is 5. The van der Waals surface area contributed by atoms with E-state index in [0.717, 1.165) is 111 Å². The number of carbonyl (C=O) groups is 6. The molecule has 618 valence electrons. The van der Waals surface area contributed by atoms with Gasteiger partial charge in [-0.25, -0.2) is 42.5 Å². The number of alkyl halides is 10. The summed E-state index contributed by atoms with van der Waals surface area (Å²) in [6.07, 6.45) is -7.26. The van der Waals surface area contributed by atoms with Crippen molar-refractivity contribution in [3.05, 3.63) is 279 Å². The summed E-state index contributed by atoms with van der Waals surface area (Å²) in [6.45, 7) is 9.63. The van der Waals surface area contributed by atoms with Crippen molar-refractivity contribution in [3.8, 4) is 34.5 Å². The first-order chi connectivity index (χ1) is 55.6. The molecule has 0 saturated heterocycles. The number of aromatic carboxylic acids is 1. The fourth-order valence-corrected chi connectivity index (χ4v) is 13.1. The molecule has 0 aliphatic carbocycles. The van der Waals surface area contributed by atoms with Crippen molar-refractivity contribution >= 4 is 122 Å². The third kappa shape index (κ3) is 22.4. The molecule has 3 amide bonds. The molecular weight excluding hydrogens is 1700 g/mol. The molecule has 118 heavy (non-hydrogen) atoms. The lowest BCUT2D eigenvalue weighted by atomic mass is 10.1. The number of nitrogens with zero attached hydrogens (tertiary/aromatic N) is 8. The van der Waals surface area contributed by atoms with Gasteiger partial charge in [0.25, 0.3) is 17.7 Å². The van der Waals surface area contributed by atoms with Gasteiger partial charge in [-0.05, 0) is 131 Å². The van der Waals surface area contributed by atoms with Crippen LogP contribution in [0.4, 0.5) is 69.7 Å². The Bertz CT molecular complexity index is 5480. The zero-order valence-corrected chi connectivity index (χ0v) is 67.1. The van der Waals surface area contributed by atoms with E-state index in [9.17, 15) is 73.4 Å². The highest BCUT2D eigenvalue weighted by atomic mass is 35.5. The predicted molar refractivity (Wildman–Crippen MR) is 416 cm³/mol. The summed E-state index contributed by atoms with van der Waals surface area (Å²) in [5.74, 6) is -13.4. The van der Waals surface area contributed by atoms with E-state index in [0.29, 0.717) is 11.1 Å². The lowest BCUT2D eigenvalue weighted by Gasteiger charge is -2.28. The largest absolute Gasteiger partial charge is 0.478 e. The molecule has 0 radical (unpaired) electrons. The summed E-state index contributed by atoms with van der Waals surface area (Å²) in [5.41, 5.74) is -1.55. The molecular formula is C80H62Cl4F12N8O12S2. The van der Waals surface area contributed by atoms with Crippen molar-refractivity contribution in [1.82, 2.24) is 24.9 Å². The second-order valence-electron chi connectivity index (χ2n) is 25.8. The van der Waals surface area contributed by atoms with E-state index in [1.165, 1.54) is 95.9 Å². The molecule has 0 bridgehead atoms. The molecule has 0 spiro atoms. The average molecular weight is 1760 g/mol. The predicted octanol–water partition coefficient (Wildman–Crippen LogP) is 22.3. The minimum absolute atomic E-state index is 0.0344. The quantitative estimate of drug-likeness (QED) is 0.0355. The number of methoxy groups -OCH3 is 2. The van der Waals surface area contributed by atoms with Crippen molar-refractivity contribution in [2.24, 2.45) is 0 Å². The van der Waals surface area contributed by atoms with Crippen molar-refractivity contribution < 1.29 is 110 Å². The van der Waals surface area contributed by atoms with Crippen LogP contribution in [-0.2, 0) is 46.7 Å². The van der Waals surface area contributed by atoms with Gasteiger partial charge >= 0.3 is 36.4 Å². The first-order valence-electron chi connectivity index (χ1n) is 34.3. The normalized spacial score (nSPS) is 11.4. The number of hydrogen-bond donors (Lipinski definition) is 1. The fraction of sp³-hybridized carbons (Fsp3) is 0.212. The Labute approximate surface area is 692 Å². The zero-order valence-electron chi connectivity index (χ0n) is 62.4. The van der Waals surface area contributed by atoms with Crippen LogP contribution in [0.5, 0.6) is 34.5 Å². The van der Waals surface area contributed by atoms with E-state index in [4.69, 9.17) is 70.1 Å². The molecule has 0 fully saturated rings. The van der Waals surface area contributed by atoms with Gasteiger partial charge in [-0.2, -0.15) is 39.5 Å². The standard InChI is InChI=1S/C28H22ClF4N3O4S.C27H20ClF4N3O4S.C25H20Cl2F4N2O4/c1-15(2)36(26(37)22-6-5-17(29)12-35-22)23-11-21(30)25(10-19(23)27(38)39-3)40-24-7-4-16(8-18-13-34-14-41-18)9-20(24)28(31,32)33;1-14(2)35(25(36)21-5-4-16(28)11-34-21)22-10-20(29)24(9-18(22)26(37)38)39-23-6-3-15(7-17-12-33-13-40-17)8-19(23)27(30,31)32;1-13(2)33(23(34)19-6-5-15(27)12-32-19)20-10-18(28)22(9-16(20)24(35)36-3)37-21-7-4-14(11-26)8-17(21)25(29,30)31/h4-7,9-15H,8H2,1-3H3;3-6,8-14H,7H2,1-2H3,(H,37,38);4-10,12-13H,11H2,1-3H3. The SMILES string of the molecule is CC(C)N(C(=O)c1ccc(Cl)cn1)c1cc(F)c(Oc2ccc(Cc3cncs3)cc2C(F)(F)F)cc1C(=O)O.COC(=O)c1cc(Oc2ccc(CCl)cc2C(F)(F)F)c(F)cc1N(C(=O)c1ccc(Cl)cn1)C(C)C.COC(=O)c1cc(Oc2ccc(Cc3cncs3)cc2C(F)(F)F)c(F)cc1N(C(=O)c1ccc(Cl)cn1)C(C)C. The number of carboxylic acids is 1. The number of carbonyl (C=O) groups excluding carboxylic acids is 5. The monoisotopic (exact) mass is 1760 g/mol. The van der Waals surface area contributed by atoms with Crippen LogP contribution in [0, 0.1) is 17.5 Å². The van der Waals surface area contributed by atoms with Crippen LogP contribution in [0.25, 0.3) is 0 Å². The summed E-state index contributed by atoms with van der Waals surface area (Å²) in [4.78, 5) is 102. The maximum Gasteiger partial charge on any atom is 0.419 e. The maximum absolute atomic E-state index is 15.5. The van der Waals surface area contributed by atoms with E-state index < -0.39 is 146 Å². The number of rotatable bonds is 23. The van der Waals surface area contributed by atoms with Crippen LogP contribution in [0.15, 0.2) is 169 Å². The van der Waals surface area contributed by atoms with E-state index in [1.54, 1.807) is 65.0 Å². The van der Waals surface area contributed by atoms with Gasteiger partial charge < -0.3 is 43.5 Å². The lowest BCUT2D eigenvalue weighted by Crippen LogP contribution is -2.38. The van der Waals surface area contributed by atoms with E-state index in [1.807, 2.05) is 0 Å². The number of anilines is 3. The smallest absolute Gasteiger partial charge is 0.419 e. The minimum atomic E-state index is -4.85. The van der Waals surface area contributed by atoms with Gasteiger partial charge in [0.05, 0.1) is 90.8 Å². The summed E-state index contributed by atoms with van der Waals surface area (Å²) in [6, 6.07) is 21.2. The fourth-order valence-electron chi connectivity index (χ4n) is 11.3. The zero-order chi connectivity index (χ0) is 86.6. The Morgan fingerprint density at radius 2 is 0.712 bits per heavy atom. The average Bonchev–Trinajstić information content (AvgIpc) is 0.878. The van der Waals surface area contributed by atoms with E-state index in [-0.39, 0.29) is 84.6 Å². The number of thiazole rings is 2. The van der Waals surface area contributed by atoms with Crippen molar-refractivity contribution in [2.45, 2.75) is 96.9 Å². The Morgan fingerprint density at radius 1 is 0.415 bits per heavy atom. The highest BCUT2D eigenvalue weighted by molar-refractivity contribution is 7.09. The molecule has 20 nitrogen and oxygen atoms in total. The molecule has 0 atom stereocenters. The maximum atomic E-state index is 15.5. The van der Waals surface area contributed by atoms with Gasteiger partial charge in [-0.3, -0.25) is 24.4 Å². The Hall–Kier alpha value is -11.4. The lowest BCUT2D eigenvalue weighted by molar-refractivity contribution is -0.139. The first kappa shape index (κ1) is 90.5. The van der Waals surface area contributed by atoms with Gasteiger partial charge in [-0.1, -0.05) is 53.0 Å². The number of pyridine rings is 3. The number of carboxylic acid groups (broad SMARTS) is 1. The van der Waals surface area contributed by atoms with Gasteiger partial charge in [0.15, 0.2) is 34.7 Å². The summed E-state index contributed by atoms with van der Waals surface area (Å²) < 4.78 is 196. The molecule has 0 unspecified atom stereocenters. The molecule has 0 aliphatic rings. The topological polar surface area (TPSA) is 243 Å². The number of amides is 3. The molecule has 6 aromatic carbocycles. The van der Waals surface area contributed by atoms with Crippen LogP contribution < -0.4 is 28.9 Å². The molecule has 5 heterocycles. The Balaban J connectivity index is 0.000000202. The van der Waals surface area contributed by atoms with E-state index in [2.05, 4.69) is 24.9 Å². The van der Waals surface area contributed by atoms with Gasteiger partial charge in [0.2, 0.25) is 0 Å². The van der Waals surface area contributed by atoms with Crippen LogP contribution >= 0.6 is 69.1 Å². The van der Waals surface area contributed by atoms with Crippen LogP contribution in [-0.4, -0.2) is 98.0 Å². The van der Waals surface area contributed by atoms with Crippen molar-refractivity contribution in [2.75, 3.05) is 28.9 Å². The molecule has 0 aliphatic heterocycles.